The van der Waals surface area contributed by atoms with E-state index in [0.29, 0.717) is 28.4 Å². The van der Waals surface area contributed by atoms with Gasteiger partial charge in [-0.05, 0) is 50.6 Å². The summed E-state index contributed by atoms with van der Waals surface area (Å²) in [6.07, 6.45) is 2.58. The summed E-state index contributed by atoms with van der Waals surface area (Å²) in [5.41, 5.74) is 2.46. The highest BCUT2D eigenvalue weighted by Gasteiger charge is 2.19. The van der Waals surface area contributed by atoms with Crippen molar-refractivity contribution >= 4 is 17.8 Å². The van der Waals surface area contributed by atoms with E-state index in [2.05, 4.69) is 5.16 Å². The highest BCUT2D eigenvalue weighted by molar-refractivity contribution is 6.00. The number of halogens is 1. The highest BCUT2D eigenvalue weighted by atomic mass is 19.1. The first-order chi connectivity index (χ1) is 13.3. The minimum Gasteiger partial charge on any atom is -0.454 e. The Balaban J connectivity index is 1.66. The number of rotatable bonds is 6. The minimum absolute atomic E-state index is 0.327. The number of carbonyl (C=O) groups excluding carboxylic acids is 2. The van der Waals surface area contributed by atoms with E-state index < -0.39 is 18.4 Å². The number of hydrogen-bond donors (Lipinski definition) is 0. The molecule has 0 aliphatic rings. The maximum absolute atomic E-state index is 13.1. The molecular weight excluding hydrogens is 363 g/mol. The van der Waals surface area contributed by atoms with E-state index in [-0.39, 0.29) is 5.78 Å². The molecule has 0 atom stereocenters. The van der Waals surface area contributed by atoms with Crippen LogP contribution in [0.4, 0.5) is 4.39 Å². The summed E-state index contributed by atoms with van der Waals surface area (Å²) in [7, 11) is 0. The molecule has 6 nitrogen and oxygen atoms in total. The van der Waals surface area contributed by atoms with Crippen molar-refractivity contribution < 1.29 is 23.2 Å². The molecule has 0 amide bonds. The van der Waals surface area contributed by atoms with Gasteiger partial charge in [-0.2, -0.15) is 0 Å². The normalized spacial score (nSPS) is 11.1. The van der Waals surface area contributed by atoms with Crippen LogP contribution >= 0.6 is 0 Å². The molecule has 0 N–H and O–H groups in total. The molecule has 0 unspecified atom stereocenters. The van der Waals surface area contributed by atoms with Gasteiger partial charge in [-0.25, -0.2) is 9.18 Å². The summed E-state index contributed by atoms with van der Waals surface area (Å²) in [6, 6.07) is 9.28. The van der Waals surface area contributed by atoms with Gasteiger partial charge in [0.25, 0.3) is 0 Å². The summed E-state index contributed by atoms with van der Waals surface area (Å²) in [5.74, 6) is -0.162. The monoisotopic (exact) mass is 382 g/mol. The van der Waals surface area contributed by atoms with Gasteiger partial charge in [0.05, 0.1) is 0 Å². The SMILES string of the molecule is Cc1cc(-n2c(C)cc(C(=O)COC(=O)/C=C/c3cccc(F)c3)c2C)no1. The third-order valence-electron chi connectivity index (χ3n) is 4.18. The molecule has 3 aromatic rings. The first-order valence-electron chi connectivity index (χ1n) is 8.61. The molecular formula is C21H19FN2O4. The Bertz CT molecular complexity index is 1060. The Morgan fingerprint density at radius 3 is 2.68 bits per heavy atom. The van der Waals surface area contributed by atoms with Crippen molar-refractivity contribution in [3.05, 3.63) is 76.6 Å². The average Bonchev–Trinajstić information content (AvgIpc) is 3.20. The smallest absolute Gasteiger partial charge is 0.331 e. The predicted molar refractivity (Wildman–Crippen MR) is 101 cm³/mol. The molecule has 2 heterocycles. The number of aryl methyl sites for hydroxylation is 2. The first-order valence-corrected chi connectivity index (χ1v) is 8.61. The molecule has 1 aromatic carbocycles. The number of ether oxygens (including phenoxy) is 1. The topological polar surface area (TPSA) is 74.3 Å². The second-order valence-electron chi connectivity index (χ2n) is 6.34. The van der Waals surface area contributed by atoms with E-state index in [9.17, 15) is 14.0 Å². The van der Waals surface area contributed by atoms with Gasteiger partial charge in [0.15, 0.2) is 12.4 Å². The third kappa shape index (κ3) is 4.25. The average molecular weight is 382 g/mol. The number of ketones is 1. The van der Waals surface area contributed by atoms with Gasteiger partial charge in [-0.15, -0.1) is 0 Å². The van der Waals surface area contributed by atoms with Crippen LogP contribution < -0.4 is 0 Å². The van der Waals surface area contributed by atoms with Crippen molar-refractivity contribution in [2.75, 3.05) is 6.61 Å². The van der Waals surface area contributed by atoms with E-state index in [1.807, 2.05) is 6.92 Å². The van der Waals surface area contributed by atoms with Crippen molar-refractivity contribution in [1.82, 2.24) is 9.72 Å². The molecule has 7 heteroatoms. The quantitative estimate of drug-likeness (QED) is 0.366. The maximum Gasteiger partial charge on any atom is 0.331 e. The first kappa shape index (κ1) is 19.3. The third-order valence-corrected chi connectivity index (χ3v) is 4.18. The molecule has 144 valence electrons. The fourth-order valence-corrected chi connectivity index (χ4v) is 2.89. The second-order valence-corrected chi connectivity index (χ2v) is 6.34. The molecule has 0 saturated heterocycles. The van der Waals surface area contributed by atoms with Crippen molar-refractivity contribution in [2.45, 2.75) is 20.8 Å². The number of nitrogens with zero attached hydrogens (tertiary/aromatic N) is 2. The van der Waals surface area contributed by atoms with Crippen LogP contribution in [0, 0.1) is 26.6 Å². The Labute approximate surface area is 161 Å². The maximum atomic E-state index is 13.1. The van der Waals surface area contributed by atoms with Crippen molar-refractivity contribution in [1.29, 1.82) is 0 Å². The number of Topliss-reactive ketones (excluding diaryl/α,β-unsaturated/α-hetero) is 1. The molecule has 0 fully saturated rings. The summed E-state index contributed by atoms with van der Waals surface area (Å²) in [6.45, 7) is 5.03. The Kier molecular flexibility index (Phi) is 5.54. The Hall–Kier alpha value is -3.48. The predicted octanol–water partition coefficient (Wildman–Crippen LogP) is 3.97. The van der Waals surface area contributed by atoms with Crippen molar-refractivity contribution in [3.63, 3.8) is 0 Å². The molecule has 3 rings (SSSR count). The Morgan fingerprint density at radius 1 is 1.21 bits per heavy atom. The van der Waals surface area contributed by atoms with Crippen LogP contribution in [0.25, 0.3) is 11.9 Å². The van der Waals surface area contributed by atoms with Gasteiger partial charge in [-0.1, -0.05) is 17.3 Å². The fraction of sp³-hybridized carbons (Fsp3) is 0.190. The number of carbonyl (C=O) groups is 2. The standard InChI is InChI=1S/C21H19FN2O4/c1-13-9-18(15(3)24(13)20-10-14(2)28-23-20)19(25)12-27-21(26)8-7-16-5-4-6-17(22)11-16/h4-11H,12H2,1-3H3/b8-7+. The fourth-order valence-electron chi connectivity index (χ4n) is 2.89. The van der Waals surface area contributed by atoms with E-state index in [1.165, 1.54) is 24.3 Å². The molecule has 0 saturated carbocycles. The molecule has 2 aromatic heterocycles. The van der Waals surface area contributed by atoms with Gasteiger partial charge in [-0.3, -0.25) is 9.36 Å². The van der Waals surface area contributed by atoms with E-state index in [0.717, 1.165) is 11.8 Å². The minimum atomic E-state index is -0.682. The van der Waals surface area contributed by atoms with Crippen LogP contribution in [0.15, 0.2) is 47.0 Å². The lowest BCUT2D eigenvalue weighted by molar-refractivity contribution is -0.136. The second kappa shape index (κ2) is 8.04. The zero-order chi connectivity index (χ0) is 20.3. The number of hydrogen-bond acceptors (Lipinski definition) is 5. The van der Waals surface area contributed by atoms with Crippen molar-refractivity contribution in [2.24, 2.45) is 0 Å². The van der Waals surface area contributed by atoms with Crippen LogP contribution in [0.1, 0.15) is 33.1 Å². The van der Waals surface area contributed by atoms with E-state index in [4.69, 9.17) is 9.26 Å². The Morgan fingerprint density at radius 2 is 2.00 bits per heavy atom. The zero-order valence-corrected chi connectivity index (χ0v) is 15.7. The van der Waals surface area contributed by atoms with Gasteiger partial charge in [0.1, 0.15) is 11.6 Å². The summed E-state index contributed by atoms with van der Waals surface area (Å²) in [4.78, 5) is 24.3. The summed E-state index contributed by atoms with van der Waals surface area (Å²) in [5, 5.41) is 3.97. The molecule has 0 aliphatic heterocycles. The number of benzene rings is 1. The zero-order valence-electron chi connectivity index (χ0n) is 15.7. The molecule has 0 bridgehead atoms. The van der Waals surface area contributed by atoms with Crippen LogP contribution in [0.2, 0.25) is 0 Å². The van der Waals surface area contributed by atoms with Gasteiger partial charge in [0.2, 0.25) is 5.78 Å². The number of aromatic nitrogens is 2. The van der Waals surface area contributed by atoms with Crippen LogP contribution in [0.3, 0.4) is 0 Å². The summed E-state index contributed by atoms with van der Waals surface area (Å²) < 4.78 is 25.0. The number of esters is 1. The van der Waals surface area contributed by atoms with Crippen molar-refractivity contribution in [3.8, 4) is 5.82 Å². The van der Waals surface area contributed by atoms with E-state index in [1.54, 1.807) is 36.6 Å². The molecule has 28 heavy (non-hydrogen) atoms. The molecule has 0 radical (unpaired) electrons. The van der Waals surface area contributed by atoms with E-state index >= 15 is 0 Å². The lowest BCUT2D eigenvalue weighted by atomic mass is 10.1. The highest BCUT2D eigenvalue weighted by Crippen LogP contribution is 2.21. The lowest BCUT2D eigenvalue weighted by Crippen LogP contribution is -2.13. The molecule has 0 aliphatic carbocycles. The van der Waals surface area contributed by atoms with Crippen LogP contribution in [-0.2, 0) is 9.53 Å². The largest absolute Gasteiger partial charge is 0.454 e. The lowest BCUT2D eigenvalue weighted by Gasteiger charge is -2.05. The molecule has 0 spiro atoms. The van der Waals surface area contributed by atoms with Crippen LogP contribution in [-0.4, -0.2) is 28.1 Å². The summed E-state index contributed by atoms with van der Waals surface area (Å²) >= 11 is 0. The van der Waals surface area contributed by atoms with Gasteiger partial charge >= 0.3 is 5.97 Å². The van der Waals surface area contributed by atoms with Gasteiger partial charge < -0.3 is 9.26 Å². The van der Waals surface area contributed by atoms with Gasteiger partial charge in [0, 0.05) is 29.1 Å². The van der Waals surface area contributed by atoms with Crippen LogP contribution in [0.5, 0.6) is 0 Å².